The molecule has 0 N–H and O–H groups in total. The molecule has 1 aliphatic heterocycles. The van der Waals surface area contributed by atoms with E-state index in [1.807, 2.05) is 0 Å². The number of hydrogen-bond donors (Lipinski definition) is 0. The summed E-state index contributed by atoms with van der Waals surface area (Å²) in [5, 5.41) is 11.9. The van der Waals surface area contributed by atoms with Crippen molar-refractivity contribution in [1.29, 1.82) is 0 Å². The molecule has 1 aromatic carbocycles. The molecule has 1 fully saturated rings. The minimum absolute atomic E-state index is 0.265. The third-order valence-corrected chi connectivity index (χ3v) is 9.02. The molecule has 3 aromatic rings. The Labute approximate surface area is 197 Å². The Morgan fingerprint density at radius 2 is 2.00 bits per heavy atom. The molecule has 32 heavy (non-hydrogen) atoms. The normalized spacial score (nSPS) is 15.5. The van der Waals surface area contributed by atoms with E-state index in [9.17, 15) is 8.42 Å². The van der Waals surface area contributed by atoms with Crippen LogP contribution in [0.5, 0.6) is 0 Å². The van der Waals surface area contributed by atoms with Crippen LogP contribution in [0, 0.1) is 5.92 Å². The molecular formula is C22H28N4O3S3. The van der Waals surface area contributed by atoms with Gasteiger partial charge in [-0.1, -0.05) is 38.1 Å². The fourth-order valence-corrected chi connectivity index (χ4v) is 6.64. The first kappa shape index (κ1) is 23.4. The Hall–Kier alpha value is -1.75. The van der Waals surface area contributed by atoms with Crippen molar-refractivity contribution in [1.82, 2.24) is 19.5 Å². The van der Waals surface area contributed by atoms with Gasteiger partial charge in [-0.3, -0.25) is 0 Å². The Morgan fingerprint density at radius 3 is 2.78 bits per heavy atom. The van der Waals surface area contributed by atoms with Gasteiger partial charge in [0, 0.05) is 29.8 Å². The first-order valence-electron chi connectivity index (χ1n) is 10.9. The Morgan fingerprint density at radius 1 is 1.19 bits per heavy atom. The van der Waals surface area contributed by atoms with Crippen LogP contribution in [-0.2, 0) is 22.2 Å². The molecule has 0 unspecified atom stereocenters. The van der Waals surface area contributed by atoms with E-state index >= 15 is 0 Å². The molecule has 0 amide bonds. The SMILES string of the molecule is CC(C)CCc1nc(CSc2nnc(-c3cccc(S(=O)(=O)N4CCCCC4)c3)o2)cs1. The van der Waals surface area contributed by atoms with Gasteiger partial charge in [-0.15, -0.1) is 21.5 Å². The molecule has 10 heteroatoms. The fraction of sp³-hybridized carbons (Fsp3) is 0.500. The predicted octanol–water partition coefficient (Wildman–Crippen LogP) is 5.25. The van der Waals surface area contributed by atoms with E-state index in [0.717, 1.165) is 42.8 Å². The number of hydrogen-bond acceptors (Lipinski definition) is 8. The van der Waals surface area contributed by atoms with Crippen LogP contribution in [-0.4, -0.2) is 41.0 Å². The predicted molar refractivity (Wildman–Crippen MR) is 127 cm³/mol. The van der Waals surface area contributed by atoms with Crippen molar-refractivity contribution in [2.75, 3.05) is 13.1 Å². The zero-order valence-electron chi connectivity index (χ0n) is 18.4. The highest BCUT2D eigenvalue weighted by atomic mass is 32.2. The Balaban J connectivity index is 1.41. The number of aromatic nitrogens is 3. The van der Waals surface area contributed by atoms with E-state index in [2.05, 4.69) is 34.4 Å². The summed E-state index contributed by atoms with van der Waals surface area (Å²) in [4.78, 5) is 4.95. The van der Waals surface area contributed by atoms with E-state index in [4.69, 9.17) is 4.42 Å². The molecule has 172 valence electrons. The van der Waals surface area contributed by atoms with Gasteiger partial charge in [0.2, 0.25) is 15.9 Å². The van der Waals surface area contributed by atoms with Crippen LogP contribution in [0.3, 0.4) is 0 Å². The number of benzene rings is 1. The number of sulfonamides is 1. The van der Waals surface area contributed by atoms with Gasteiger partial charge >= 0.3 is 0 Å². The van der Waals surface area contributed by atoms with Crippen LogP contribution in [0.25, 0.3) is 11.5 Å². The summed E-state index contributed by atoms with van der Waals surface area (Å²) in [6.45, 7) is 5.58. The van der Waals surface area contributed by atoms with Gasteiger partial charge in [0.1, 0.15) is 0 Å². The number of thioether (sulfide) groups is 1. The average Bonchev–Trinajstić information content (AvgIpc) is 3.46. The first-order valence-corrected chi connectivity index (χ1v) is 14.2. The third-order valence-electron chi connectivity index (χ3n) is 5.32. The minimum atomic E-state index is -3.51. The number of piperidine rings is 1. The van der Waals surface area contributed by atoms with E-state index in [1.165, 1.54) is 11.8 Å². The lowest BCUT2D eigenvalue weighted by atomic mass is 10.1. The second kappa shape index (κ2) is 10.5. The molecule has 0 aliphatic carbocycles. The average molecular weight is 493 g/mol. The number of aryl methyl sites for hydroxylation is 1. The van der Waals surface area contributed by atoms with Gasteiger partial charge in [0.15, 0.2) is 0 Å². The van der Waals surface area contributed by atoms with Crippen molar-refractivity contribution in [3.8, 4) is 11.5 Å². The van der Waals surface area contributed by atoms with Crippen LogP contribution in [0.15, 0.2) is 44.2 Å². The zero-order chi connectivity index (χ0) is 22.6. The molecule has 2 aromatic heterocycles. The maximum Gasteiger partial charge on any atom is 0.277 e. The van der Waals surface area contributed by atoms with Gasteiger partial charge in [0.25, 0.3) is 5.22 Å². The molecule has 7 nitrogen and oxygen atoms in total. The van der Waals surface area contributed by atoms with E-state index in [0.29, 0.717) is 41.4 Å². The summed E-state index contributed by atoms with van der Waals surface area (Å²) in [5.74, 6) is 1.64. The fourth-order valence-electron chi connectivity index (χ4n) is 3.51. The molecule has 0 saturated carbocycles. The highest BCUT2D eigenvalue weighted by molar-refractivity contribution is 7.98. The van der Waals surface area contributed by atoms with Gasteiger partial charge in [0.05, 0.1) is 15.6 Å². The second-order valence-corrected chi connectivity index (χ2v) is 12.1. The van der Waals surface area contributed by atoms with Crippen LogP contribution in [0.4, 0.5) is 0 Å². The van der Waals surface area contributed by atoms with Crippen LogP contribution in [0.2, 0.25) is 0 Å². The minimum Gasteiger partial charge on any atom is -0.411 e. The molecule has 0 radical (unpaired) electrons. The van der Waals surface area contributed by atoms with Crippen LogP contribution >= 0.6 is 23.1 Å². The van der Waals surface area contributed by atoms with Crippen LogP contribution in [0.1, 0.15) is 50.2 Å². The molecule has 0 bridgehead atoms. The summed E-state index contributed by atoms with van der Waals surface area (Å²) in [6, 6.07) is 6.75. The molecular weight excluding hydrogens is 464 g/mol. The standard InChI is InChI=1S/C22H28N4O3S3/c1-16(2)9-10-20-23-18(14-30-20)15-31-22-25-24-21(29-22)17-7-6-8-19(13-17)32(27,28)26-11-4-3-5-12-26/h6-8,13-14,16H,3-5,9-12,15H2,1-2H3. The lowest BCUT2D eigenvalue weighted by molar-refractivity contribution is 0.346. The maximum atomic E-state index is 13.0. The third kappa shape index (κ3) is 5.78. The molecule has 4 rings (SSSR count). The van der Waals surface area contributed by atoms with Gasteiger partial charge in [-0.2, -0.15) is 4.31 Å². The number of nitrogens with zero attached hydrogens (tertiary/aromatic N) is 4. The molecule has 1 saturated heterocycles. The van der Waals surface area contributed by atoms with E-state index < -0.39 is 10.0 Å². The van der Waals surface area contributed by atoms with Crippen molar-refractivity contribution in [3.63, 3.8) is 0 Å². The molecule has 0 spiro atoms. The summed E-state index contributed by atoms with van der Waals surface area (Å²) in [7, 11) is -3.51. The van der Waals surface area contributed by atoms with Crippen molar-refractivity contribution in [2.24, 2.45) is 5.92 Å². The largest absolute Gasteiger partial charge is 0.411 e. The van der Waals surface area contributed by atoms with Crippen molar-refractivity contribution in [2.45, 2.75) is 61.8 Å². The summed E-state index contributed by atoms with van der Waals surface area (Å²) < 4.78 is 33.3. The van der Waals surface area contributed by atoms with E-state index in [-0.39, 0.29) is 4.90 Å². The van der Waals surface area contributed by atoms with Crippen molar-refractivity contribution < 1.29 is 12.8 Å². The number of rotatable bonds is 9. The maximum absolute atomic E-state index is 13.0. The Bertz CT molecular complexity index is 1130. The molecule has 0 atom stereocenters. The van der Waals surface area contributed by atoms with Crippen molar-refractivity contribution in [3.05, 3.63) is 40.3 Å². The summed E-state index contributed by atoms with van der Waals surface area (Å²) >= 11 is 3.13. The lowest BCUT2D eigenvalue weighted by Gasteiger charge is -2.25. The smallest absolute Gasteiger partial charge is 0.277 e. The van der Waals surface area contributed by atoms with Crippen molar-refractivity contribution >= 4 is 33.1 Å². The zero-order valence-corrected chi connectivity index (χ0v) is 20.8. The quantitative estimate of drug-likeness (QED) is 0.377. The highest BCUT2D eigenvalue weighted by Gasteiger charge is 2.26. The molecule has 3 heterocycles. The number of thiazole rings is 1. The van der Waals surface area contributed by atoms with Gasteiger partial charge in [-0.25, -0.2) is 13.4 Å². The summed E-state index contributed by atoms with van der Waals surface area (Å²) in [5.41, 5.74) is 1.61. The summed E-state index contributed by atoms with van der Waals surface area (Å²) in [6.07, 6.45) is 5.03. The van der Waals surface area contributed by atoms with E-state index in [1.54, 1.807) is 39.9 Å². The monoisotopic (exact) mass is 492 g/mol. The van der Waals surface area contributed by atoms with Gasteiger partial charge in [-0.05, 0) is 49.8 Å². The Kier molecular flexibility index (Phi) is 7.65. The topological polar surface area (TPSA) is 89.2 Å². The van der Waals surface area contributed by atoms with Crippen LogP contribution < -0.4 is 0 Å². The molecule has 1 aliphatic rings. The van der Waals surface area contributed by atoms with Gasteiger partial charge < -0.3 is 4.42 Å². The second-order valence-electron chi connectivity index (χ2n) is 8.32. The highest BCUT2D eigenvalue weighted by Crippen LogP contribution is 2.29. The lowest BCUT2D eigenvalue weighted by Crippen LogP contribution is -2.35. The first-order chi connectivity index (χ1) is 15.4.